The van der Waals surface area contributed by atoms with Crippen molar-refractivity contribution in [1.82, 2.24) is 19.7 Å². The van der Waals surface area contributed by atoms with Gasteiger partial charge in [0, 0.05) is 12.0 Å². The molecule has 3 heterocycles. The van der Waals surface area contributed by atoms with Crippen LogP contribution in [0.5, 0.6) is 0 Å². The van der Waals surface area contributed by atoms with Gasteiger partial charge >= 0.3 is 0 Å². The third-order valence-corrected chi connectivity index (χ3v) is 4.01. The topological polar surface area (TPSA) is 88.1 Å². The number of ether oxygens (including phenoxy) is 2. The van der Waals surface area contributed by atoms with E-state index in [-0.39, 0.29) is 12.3 Å². The maximum absolute atomic E-state index is 6.14. The minimum Gasteiger partial charge on any atom is -0.458 e. The van der Waals surface area contributed by atoms with E-state index in [0.717, 1.165) is 33.8 Å². The van der Waals surface area contributed by atoms with Gasteiger partial charge in [0.2, 0.25) is 6.79 Å². The highest BCUT2D eigenvalue weighted by molar-refractivity contribution is 5.98. The SMILES string of the molecule is CC.CC(C)(C)n1nc(C2=CC3=C(CC=C2)OCO3)c2c(N)ncnc21. The Balaban J connectivity index is 0.000000948. The minimum atomic E-state index is -0.232. The van der Waals surface area contributed by atoms with Crippen molar-refractivity contribution < 1.29 is 9.47 Å². The summed E-state index contributed by atoms with van der Waals surface area (Å²) < 4.78 is 12.9. The Bertz CT molecular complexity index is 916. The highest BCUT2D eigenvalue weighted by Crippen LogP contribution is 2.34. The van der Waals surface area contributed by atoms with Crippen LogP contribution in [0.1, 0.15) is 46.7 Å². The summed E-state index contributed by atoms with van der Waals surface area (Å²) in [5.74, 6) is 2.00. The first-order chi connectivity index (χ1) is 12.4. The van der Waals surface area contributed by atoms with E-state index in [0.29, 0.717) is 12.2 Å². The van der Waals surface area contributed by atoms with Crippen LogP contribution in [0.3, 0.4) is 0 Å². The van der Waals surface area contributed by atoms with Gasteiger partial charge in [-0.2, -0.15) is 5.10 Å². The van der Waals surface area contributed by atoms with E-state index in [2.05, 4.69) is 30.7 Å². The molecular formula is C19H25N5O2. The maximum atomic E-state index is 6.14. The second-order valence-electron chi connectivity index (χ2n) is 6.79. The van der Waals surface area contributed by atoms with Crippen LogP contribution in [0, 0.1) is 0 Å². The Hall–Kier alpha value is -2.83. The summed E-state index contributed by atoms with van der Waals surface area (Å²) in [4.78, 5) is 8.55. The van der Waals surface area contributed by atoms with Crippen molar-refractivity contribution in [2.24, 2.45) is 0 Å². The molecule has 1 aliphatic carbocycles. The molecule has 0 fully saturated rings. The number of fused-ring (bicyclic) bond motifs is 1. The zero-order valence-electron chi connectivity index (χ0n) is 15.9. The molecule has 0 atom stereocenters. The number of nitrogens with two attached hydrogens (primary N) is 1. The lowest BCUT2D eigenvalue weighted by atomic mass is 10.1. The number of hydrogen-bond donors (Lipinski definition) is 1. The number of allylic oxidation sites excluding steroid dienone is 4. The van der Waals surface area contributed by atoms with E-state index >= 15 is 0 Å². The first-order valence-electron chi connectivity index (χ1n) is 8.82. The number of anilines is 1. The average molecular weight is 355 g/mol. The summed E-state index contributed by atoms with van der Waals surface area (Å²) >= 11 is 0. The predicted octanol–water partition coefficient (Wildman–Crippen LogP) is 3.75. The van der Waals surface area contributed by atoms with Crippen molar-refractivity contribution in [2.75, 3.05) is 12.5 Å². The average Bonchev–Trinajstić information content (AvgIpc) is 3.16. The Morgan fingerprint density at radius 1 is 1.15 bits per heavy atom. The van der Waals surface area contributed by atoms with Gasteiger partial charge in [-0.25, -0.2) is 14.6 Å². The maximum Gasteiger partial charge on any atom is 0.230 e. The molecule has 26 heavy (non-hydrogen) atoms. The quantitative estimate of drug-likeness (QED) is 0.838. The van der Waals surface area contributed by atoms with Gasteiger partial charge in [0.15, 0.2) is 11.4 Å². The molecule has 0 aromatic carbocycles. The first-order valence-corrected chi connectivity index (χ1v) is 8.82. The van der Waals surface area contributed by atoms with Gasteiger partial charge in [-0.3, -0.25) is 0 Å². The highest BCUT2D eigenvalue weighted by atomic mass is 16.7. The fourth-order valence-corrected chi connectivity index (χ4v) is 2.87. The number of aromatic nitrogens is 4. The second-order valence-corrected chi connectivity index (χ2v) is 6.79. The molecule has 2 aromatic rings. The molecule has 0 radical (unpaired) electrons. The highest BCUT2D eigenvalue weighted by Gasteiger charge is 2.26. The molecule has 0 unspecified atom stereocenters. The standard InChI is InChI=1S/C17H19N5O2.C2H6/c1-17(2,3)22-16-13(15(18)19-8-20-16)14(21-22)10-5-4-6-11-12(7-10)24-9-23-11;1-2/h4-5,7-8H,6,9H2,1-3H3,(H2,18,19,20);1-2H3. The lowest BCUT2D eigenvalue weighted by molar-refractivity contribution is 0.0733. The summed E-state index contributed by atoms with van der Waals surface area (Å²) in [6, 6.07) is 0. The summed E-state index contributed by atoms with van der Waals surface area (Å²) in [5.41, 5.74) is 8.28. The van der Waals surface area contributed by atoms with Gasteiger partial charge < -0.3 is 15.2 Å². The molecule has 1 aliphatic heterocycles. The molecule has 0 amide bonds. The molecule has 7 heteroatoms. The Kier molecular flexibility index (Phi) is 4.71. The molecule has 2 N–H and O–H groups in total. The molecule has 2 aromatic heterocycles. The van der Waals surface area contributed by atoms with E-state index in [1.807, 2.05) is 36.8 Å². The molecule has 138 valence electrons. The smallest absolute Gasteiger partial charge is 0.230 e. The predicted molar refractivity (Wildman–Crippen MR) is 102 cm³/mol. The van der Waals surface area contributed by atoms with Gasteiger partial charge in [-0.05, 0) is 26.8 Å². The van der Waals surface area contributed by atoms with E-state index in [1.54, 1.807) is 0 Å². The van der Waals surface area contributed by atoms with Crippen LogP contribution in [-0.4, -0.2) is 26.5 Å². The zero-order chi connectivity index (χ0) is 18.9. The summed E-state index contributed by atoms with van der Waals surface area (Å²) in [6.07, 6.45) is 8.14. The molecule has 0 saturated heterocycles. The fraction of sp³-hybridized carbons (Fsp3) is 0.421. The molecule has 4 rings (SSSR count). The number of nitrogens with zero attached hydrogens (tertiary/aromatic N) is 4. The third-order valence-electron chi connectivity index (χ3n) is 4.01. The van der Waals surface area contributed by atoms with Crippen LogP contribution in [0.2, 0.25) is 0 Å². The molecule has 0 spiro atoms. The van der Waals surface area contributed by atoms with Gasteiger partial charge in [0.1, 0.15) is 23.6 Å². The summed E-state index contributed by atoms with van der Waals surface area (Å²) in [7, 11) is 0. The van der Waals surface area contributed by atoms with Gasteiger partial charge in [0.05, 0.1) is 10.9 Å². The third kappa shape index (κ3) is 3.05. The van der Waals surface area contributed by atoms with Crippen molar-refractivity contribution in [3.63, 3.8) is 0 Å². The molecule has 0 bridgehead atoms. The van der Waals surface area contributed by atoms with E-state index < -0.39 is 0 Å². The van der Waals surface area contributed by atoms with Gasteiger partial charge in [-0.1, -0.05) is 26.0 Å². The van der Waals surface area contributed by atoms with Crippen molar-refractivity contribution >= 4 is 22.4 Å². The Morgan fingerprint density at radius 3 is 2.65 bits per heavy atom. The van der Waals surface area contributed by atoms with Crippen molar-refractivity contribution in [3.8, 4) is 0 Å². The van der Waals surface area contributed by atoms with Crippen LogP contribution >= 0.6 is 0 Å². The van der Waals surface area contributed by atoms with Crippen LogP contribution < -0.4 is 5.73 Å². The van der Waals surface area contributed by atoms with Crippen LogP contribution in [-0.2, 0) is 15.0 Å². The Morgan fingerprint density at radius 2 is 1.92 bits per heavy atom. The van der Waals surface area contributed by atoms with Gasteiger partial charge in [0.25, 0.3) is 0 Å². The molecular weight excluding hydrogens is 330 g/mol. The van der Waals surface area contributed by atoms with Crippen molar-refractivity contribution in [1.29, 1.82) is 0 Å². The van der Waals surface area contributed by atoms with Crippen molar-refractivity contribution in [2.45, 2.75) is 46.6 Å². The van der Waals surface area contributed by atoms with E-state index in [1.165, 1.54) is 6.33 Å². The minimum absolute atomic E-state index is 0.232. The fourth-order valence-electron chi connectivity index (χ4n) is 2.87. The van der Waals surface area contributed by atoms with Crippen LogP contribution in [0.25, 0.3) is 16.6 Å². The number of hydrogen-bond acceptors (Lipinski definition) is 6. The monoisotopic (exact) mass is 355 g/mol. The largest absolute Gasteiger partial charge is 0.458 e. The number of nitrogen functional groups attached to an aromatic ring is 1. The lowest BCUT2D eigenvalue weighted by Crippen LogP contribution is -2.23. The summed E-state index contributed by atoms with van der Waals surface area (Å²) in [5, 5.41) is 5.55. The van der Waals surface area contributed by atoms with E-state index in [4.69, 9.17) is 20.3 Å². The second kappa shape index (κ2) is 6.82. The number of rotatable bonds is 1. The lowest BCUT2D eigenvalue weighted by Gasteiger charge is -2.19. The first kappa shape index (κ1) is 18.0. The zero-order valence-corrected chi connectivity index (χ0v) is 15.9. The van der Waals surface area contributed by atoms with Gasteiger partial charge in [-0.15, -0.1) is 0 Å². The molecule has 0 saturated carbocycles. The van der Waals surface area contributed by atoms with Crippen LogP contribution in [0.4, 0.5) is 5.82 Å². The van der Waals surface area contributed by atoms with Crippen molar-refractivity contribution in [3.05, 3.63) is 41.8 Å². The van der Waals surface area contributed by atoms with Crippen LogP contribution in [0.15, 0.2) is 36.1 Å². The summed E-state index contributed by atoms with van der Waals surface area (Å²) in [6.45, 7) is 10.5. The van der Waals surface area contributed by atoms with E-state index in [9.17, 15) is 0 Å². The Labute approximate surface area is 153 Å². The molecule has 2 aliphatic rings. The molecule has 7 nitrogen and oxygen atoms in total. The normalized spacial score (nSPS) is 16.3.